The monoisotopic (exact) mass is 253 g/mol. The van der Waals surface area contributed by atoms with Crippen LogP contribution >= 0.6 is 0 Å². The van der Waals surface area contributed by atoms with E-state index in [9.17, 15) is 4.79 Å². The average Bonchev–Trinajstić information content (AvgIpc) is 2.38. The molecular weight excluding hydrogens is 234 g/mol. The predicted octanol–water partition coefficient (Wildman–Crippen LogP) is 1.08. The number of anilines is 1. The number of aromatic nitrogens is 2. The highest BCUT2D eigenvalue weighted by molar-refractivity contribution is 5.86. The lowest BCUT2D eigenvalue weighted by atomic mass is 10.0. The number of ether oxygens (including phenoxy) is 1. The highest BCUT2D eigenvalue weighted by atomic mass is 16.5. The van der Waals surface area contributed by atoms with Crippen LogP contribution in [0.1, 0.15) is 30.8 Å². The third-order valence-corrected chi connectivity index (χ3v) is 2.64. The van der Waals surface area contributed by atoms with Crippen molar-refractivity contribution in [2.75, 3.05) is 19.0 Å². The fraction of sp³-hybridized carbons (Fsp3) is 0.583. The number of carbonyl (C=O) groups is 1. The normalized spacial score (nSPS) is 12.3. The maximum Gasteiger partial charge on any atom is 0.358 e. The van der Waals surface area contributed by atoms with Gasteiger partial charge in [0.15, 0.2) is 5.69 Å². The standard InChI is InChI=1S/C12H19N3O3/c1-8(2)9(6-7-16)13-11-5-4-10(14-15-11)12(17)18-3/h4-5,8-9,16H,6-7H2,1-3H3,(H,13,15). The summed E-state index contributed by atoms with van der Waals surface area (Å²) in [5.41, 5.74) is 0.173. The van der Waals surface area contributed by atoms with Gasteiger partial charge >= 0.3 is 5.97 Å². The van der Waals surface area contributed by atoms with Crippen molar-refractivity contribution in [3.8, 4) is 0 Å². The van der Waals surface area contributed by atoms with E-state index in [2.05, 4.69) is 34.1 Å². The first-order valence-corrected chi connectivity index (χ1v) is 5.88. The fourth-order valence-corrected chi connectivity index (χ4v) is 1.52. The second-order valence-corrected chi connectivity index (χ2v) is 4.30. The molecule has 6 heteroatoms. The molecule has 0 aliphatic carbocycles. The van der Waals surface area contributed by atoms with E-state index in [0.717, 1.165) is 0 Å². The zero-order chi connectivity index (χ0) is 13.5. The molecule has 0 fully saturated rings. The lowest BCUT2D eigenvalue weighted by Crippen LogP contribution is -2.27. The largest absolute Gasteiger partial charge is 0.464 e. The minimum absolute atomic E-state index is 0.115. The second kappa shape index (κ2) is 6.90. The van der Waals surface area contributed by atoms with Crippen LogP contribution in [0.15, 0.2) is 12.1 Å². The summed E-state index contributed by atoms with van der Waals surface area (Å²) >= 11 is 0. The van der Waals surface area contributed by atoms with E-state index < -0.39 is 5.97 Å². The van der Waals surface area contributed by atoms with Crippen LogP contribution in [-0.2, 0) is 4.74 Å². The van der Waals surface area contributed by atoms with Crippen molar-refractivity contribution in [1.82, 2.24) is 10.2 Å². The fourth-order valence-electron chi connectivity index (χ4n) is 1.52. The van der Waals surface area contributed by atoms with Crippen LogP contribution < -0.4 is 5.32 Å². The summed E-state index contributed by atoms with van der Waals surface area (Å²) < 4.78 is 4.54. The van der Waals surface area contributed by atoms with E-state index in [1.807, 2.05) is 0 Å². The van der Waals surface area contributed by atoms with Crippen molar-refractivity contribution in [1.29, 1.82) is 0 Å². The Morgan fingerprint density at radius 2 is 2.17 bits per heavy atom. The Kier molecular flexibility index (Phi) is 5.51. The lowest BCUT2D eigenvalue weighted by molar-refractivity contribution is 0.0593. The zero-order valence-corrected chi connectivity index (χ0v) is 10.9. The number of aliphatic hydroxyl groups excluding tert-OH is 1. The summed E-state index contributed by atoms with van der Waals surface area (Å²) in [5.74, 6) is 0.429. The van der Waals surface area contributed by atoms with Gasteiger partial charge in [0.2, 0.25) is 0 Å². The van der Waals surface area contributed by atoms with E-state index in [1.165, 1.54) is 7.11 Å². The van der Waals surface area contributed by atoms with Gasteiger partial charge in [-0.3, -0.25) is 0 Å². The number of hydrogen-bond donors (Lipinski definition) is 2. The molecule has 0 amide bonds. The Morgan fingerprint density at radius 3 is 2.61 bits per heavy atom. The van der Waals surface area contributed by atoms with Crippen molar-refractivity contribution >= 4 is 11.8 Å². The maximum absolute atomic E-state index is 11.2. The van der Waals surface area contributed by atoms with Gasteiger partial charge in [-0.15, -0.1) is 10.2 Å². The van der Waals surface area contributed by atoms with Crippen molar-refractivity contribution in [3.05, 3.63) is 17.8 Å². The van der Waals surface area contributed by atoms with Gasteiger partial charge in [-0.1, -0.05) is 13.8 Å². The van der Waals surface area contributed by atoms with Crippen molar-refractivity contribution < 1.29 is 14.6 Å². The molecular formula is C12H19N3O3. The van der Waals surface area contributed by atoms with Crippen LogP contribution in [-0.4, -0.2) is 41.0 Å². The highest BCUT2D eigenvalue weighted by Crippen LogP contribution is 2.12. The van der Waals surface area contributed by atoms with Crippen molar-refractivity contribution in [2.45, 2.75) is 26.3 Å². The van der Waals surface area contributed by atoms with Crippen LogP contribution in [0, 0.1) is 5.92 Å². The molecule has 1 atom stereocenters. The molecule has 6 nitrogen and oxygen atoms in total. The molecule has 0 saturated carbocycles. The third-order valence-electron chi connectivity index (χ3n) is 2.64. The van der Waals surface area contributed by atoms with Gasteiger partial charge in [0.1, 0.15) is 5.82 Å². The molecule has 100 valence electrons. The van der Waals surface area contributed by atoms with Gasteiger partial charge in [-0.25, -0.2) is 4.79 Å². The molecule has 1 heterocycles. The number of carbonyl (C=O) groups excluding carboxylic acids is 1. The maximum atomic E-state index is 11.2. The smallest absolute Gasteiger partial charge is 0.358 e. The van der Waals surface area contributed by atoms with E-state index in [0.29, 0.717) is 18.2 Å². The number of hydrogen-bond acceptors (Lipinski definition) is 6. The minimum atomic E-state index is -0.509. The Bertz CT molecular complexity index is 379. The quantitative estimate of drug-likeness (QED) is 0.738. The SMILES string of the molecule is COC(=O)c1ccc(NC(CCO)C(C)C)nn1. The molecule has 1 unspecified atom stereocenters. The molecule has 1 aromatic heterocycles. The molecule has 1 rings (SSSR count). The summed E-state index contributed by atoms with van der Waals surface area (Å²) in [5, 5.41) is 19.8. The molecule has 0 spiro atoms. The van der Waals surface area contributed by atoms with E-state index >= 15 is 0 Å². The van der Waals surface area contributed by atoms with Gasteiger partial charge in [-0.05, 0) is 24.5 Å². The van der Waals surface area contributed by atoms with Crippen LogP contribution in [0.3, 0.4) is 0 Å². The van der Waals surface area contributed by atoms with Crippen molar-refractivity contribution in [2.24, 2.45) is 5.92 Å². The number of rotatable bonds is 6. The van der Waals surface area contributed by atoms with Crippen molar-refractivity contribution in [3.63, 3.8) is 0 Å². The molecule has 18 heavy (non-hydrogen) atoms. The summed E-state index contributed by atoms with van der Waals surface area (Å²) in [7, 11) is 1.30. The van der Waals surface area contributed by atoms with Gasteiger partial charge in [0.25, 0.3) is 0 Å². The second-order valence-electron chi connectivity index (χ2n) is 4.30. The molecule has 0 bridgehead atoms. The summed E-state index contributed by atoms with van der Waals surface area (Å²) in [6, 6.07) is 3.34. The number of nitrogens with one attached hydrogen (secondary N) is 1. The van der Waals surface area contributed by atoms with Crippen LogP contribution in [0.2, 0.25) is 0 Å². The molecule has 0 aliphatic heterocycles. The highest BCUT2D eigenvalue weighted by Gasteiger charge is 2.14. The molecule has 0 aromatic carbocycles. The topological polar surface area (TPSA) is 84.3 Å². The molecule has 0 aliphatic rings. The molecule has 0 radical (unpaired) electrons. The van der Waals surface area contributed by atoms with Gasteiger partial charge < -0.3 is 15.2 Å². The zero-order valence-electron chi connectivity index (χ0n) is 10.9. The Morgan fingerprint density at radius 1 is 1.44 bits per heavy atom. The predicted molar refractivity (Wildman–Crippen MR) is 67.3 cm³/mol. The van der Waals surface area contributed by atoms with Gasteiger partial charge in [0.05, 0.1) is 7.11 Å². The van der Waals surface area contributed by atoms with Crippen LogP contribution in [0.25, 0.3) is 0 Å². The molecule has 0 saturated heterocycles. The Hall–Kier alpha value is -1.69. The molecule has 1 aromatic rings. The first kappa shape index (κ1) is 14.4. The number of methoxy groups -OCH3 is 1. The van der Waals surface area contributed by atoms with Crippen LogP contribution in [0.5, 0.6) is 0 Å². The number of aliphatic hydroxyl groups is 1. The minimum Gasteiger partial charge on any atom is -0.464 e. The van der Waals surface area contributed by atoms with Crippen LogP contribution in [0.4, 0.5) is 5.82 Å². The third kappa shape index (κ3) is 3.96. The van der Waals surface area contributed by atoms with E-state index in [4.69, 9.17) is 5.11 Å². The van der Waals surface area contributed by atoms with Gasteiger partial charge in [0, 0.05) is 12.6 Å². The Balaban J connectivity index is 2.70. The Labute approximate surface area is 106 Å². The number of nitrogens with zero attached hydrogens (tertiary/aromatic N) is 2. The first-order valence-electron chi connectivity index (χ1n) is 5.88. The number of esters is 1. The lowest BCUT2D eigenvalue weighted by Gasteiger charge is -2.21. The average molecular weight is 253 g/mol. The first-order chi connectivity index (χ1) is 8.58. The molecule has 2 N–H and O–H groups in total. The summed E-state index contributed by atoms with van der Waals surface area (Å²) in [4.78, 5) is 11.2. The summed E-state index contributed by atoms with van der Waals surface area (Å²) in [6.07, 6.45) is 0.637. The van der Waals surface area contributed by atoms with E-state index in [-0.39, 0.29) is 18.3 Å². The summed E-state index contributed by atoms with van der Waals surface area (Å²) in [6.45, 7) is 4.23. The van der Waals surface area contributed by atoms with Gasteiger partial charge in [-0.2, -0.15) is 0 Å². The van der Waals surface area contributed by atoms with E-state index in [1.54, 1.807) is 12.1 Å².